The molecular weight excluding hydrogens is 386 g/mol. The van der Waals surface area contributed by atoms with Gasteiger partial charge in [-0.2, -0.15) is 14.6 Å². The smallest absolute Gasteiger partial charge is 0.268 e. The van der Waals surface area contributed by atoms with E-state index in [9.17, 15) is 18.5 Å². The third kappa shape index (κ3) is 5.35. The fourth-order valence-corrected chi connectivity index (χ4v) is 3.70. The molecule has 1 aromatic carbocycles. The molecule has 0 saturated carbocycles. The Hall–Kier alpha value is -2.77. The molecule has 1 aromatic heterocycles. The second-order valence-electron chi connectivity index (χ2n) is 5.54. The standard InChI is InChI=1S/C17H19N5O3S2/c1-4-22(5-2)14-8-6-12(7-9-14)10-13(11-18)15(23)19-16-20-17(21-26-16)27(3,24)25/h6-10H,4-5H2,1-3H3,(H,19,20,21,23). The van der Waals surface area contributed by atoms with Crippen molar-refractivity contribution in [2.24, 2.45) is 0 Å². The van der Waals surface area contributed by atoms with Gasteiger partial charge in [-0.05, 0) is 37.6 Å². The van der Waals surface area contributed by atoms with E-state index in [4.69, 9.17) is 0 Å². The van der Waals surface area contributed by atoms with E-state index in [-0.39, 0.29) is 15.9 Å². The van der Waals surface area contributed by atoms with Gasteiger partial charge in [-0.15, -0.1) is 0 Å². The molecule has 0 saturated heterocycles. The van der Waals surface area contributed by atoms with Crippen LogP contribution in [0.25, 0.3) is 6.08 Å². The maximum Gasteiger partial charge on any atom is 0.268 e. The second-order valence-corrected chi connectivity index (χ2v) is 8.20. The van der Waals surface area contributed by atoms with Crippen LogP contribution in [0.4, 0.5) is 10.8 Å². The molecule has 0 radical (unpaired) electrons. The van der Waals surface area contributed by atoms with Crippen LogP contribution in [0.2, 0.25) is 0 Å². The summed E-state index contributed by atoms with van der Waals surface area (Å²) in [6.07, 6.45) is 2.43. The Morgan fingerprint density at radius 2 is 1.93 bits per heavy atom. The molecule has 8 nitrogen and oxygen atoms in total. The molecule has 0 spiro atoms. The lowest BCUT2D eigenvalue weighted by Crippen LogP contribution is -2.21. The van der Waals surface area contributed by atoms with E-state index in [1.54, 1.807) is 0 Å². The Bertz CT molecular complexity index is 984. The third-order valence-electron chi connectivity index (χ3n) is 3.66. The summed E-state index contributed by atoms with van der Waals surface area (Å²) >= 11 is 0.735. The average Bonchev–Trinajstić information content (AvgIpc) is 3.10. The zero-order valence-corrected chi connectivity index (χ0v) is 16.8. The SMILES string of the molecule is CCN(CC)c1ccc(C=C(C#N)C(=O)Nc2nc(S(C)(=O)=O)ns2)cc1. The first-order valence-corrected chi connectivity index (χ1v) is 10.8. The van der Waals surface area contributed by atoms with Gasteiger partial charge < -0.3 is 4.90 Å². The minimum absolute atomic E-state index is 0.0125. The molecule has 2 rings (SSSR count). The van der Waals surface area contributed by atoms with Crippen LogP contribution in [0, 0.1) is 11.3 Å². The number of nitrogens with zero attached hydrogens (tertiary/aromatic N) is 4. The van der Waals surface area contributed by atoms with Crippen molar-refractivity contribution >= 4 is 44.2 Å². The van der Waals surface area contributed by atoms with E-state index in [1.165, 1.54) is 6.08 Å². The number of carbonyl (C=O) groups excluding carboxylic acids is 1. The van der Waals surface area contributed by atoms with E-state index < -0.39 is 15.7 Å². The van der Waals surface area contributed by atoms with Crippen molar-refractivity contribution in [2.75, 3.05) is 29.6 Å². The number of nitrogens with one attached hydrogen (secondary N) is 1. The topological polar surface area (TPSA) is 116 Å². The van der Waals surface area contributed by atoms with Gasteiger partial charge in [0.15, 0.2) is 0 Å². The van der Waals surface area contributed by atoms with Gasteiger partial charge in [0.1, 0.15) is 11.6 Å². The van der Waals surface area contributed by atoms with Crippen LogP contribution in [0.1, 0.15) is 19.4 Å². The Labute approximate surface area is 162 Å². The fraction of sp³-hybridized carbons (Fsp3) is 0.294. The van der Waals surface area contributed by atoms with Crippen LogP contribution in [0.15, 0.2) is 35.0 Å². The number of amides is 1. The zero-order valence-electron chi connectivity index (χ0n) is 15.1. The monoisotopic (exact) mass is 405 g/mol. The third-order valence-corrected chi connectivity index (χ3v) is 5.25. The van der Waals surface area contributed by atoms with Crippen molar-refractivity contribution in [2.45, 2.75) is 19.0 Å². The summed E-state index contributed by atoms with van der Waals surface area (Å²) in [7, 11) is -3.55. The van der Waals surface area contributed by atoms with E-state index in [1.807, 2.05) is 30.3 Å². The van der Waals surface area contributed by atoms with Crippen molar-refractivity contribution in [3.63, 3.8) is 0 Å². The largest absolute Gasteiger partial charge is 0.372 e. The van der Waals surface area contributed by atoms with E-state index >= 15 is 0 Å². The minimum Gasteiger partial charge on any atom is -0.372 e. The number of benzene rings is 1. The van der Waals surface area contributed by atoms with Gasteiger partial charge in [0.2, 0.25) is 15.0 Å². The summed E-state index contributed by atoms with van der Waals surface area (Å²) in [6.45, 7) is 5.90. The van der Waals surface area contributed by atoms with Gasteiger partial charge >= 0.3 is 0 Å². The predicted octanol–water partition coefficient (Wildman–Crippen LogP) is 2.33. The van der Waals surface area contributed by atoms with Crippen molar-refractivity contribution in [1.29, 1.82) is 5.26 Å². The molecule has 0 aliphatic heterocycles. The summed E-state index contributed by atoms with van der Waals surface area (Å²) in [4.78, 5) is 18.2. The number of rotatable bonds is 7. The van der Waals surface area contributed by atoms with Crippen LogP contribution in [-0.2, 0) is 14.6 Å². The first-order chi connectivity index (χ1) is 12.8. The number of hydrogen-bond acceptors (Lipinski definition) is 8. The molecule has 2 aromatic rings. The van der Waals surface area contributed by atoms with E-state index in [0.717, 1.165) is 36.6 Å². The Kier molecular flexibility index (Phi) is 6.65. The summed E-state index contributed by atoms with van der Waals surface area (Å²) in [5.74, 6) is -0.679. The average molecular weight is 406 g/mol. The van der Waals surface area contributed by atoms with Gasteiger partial charge in [0, 0.05) is 36.6 Å². The maximum atomic E-state index is 12.3. The van der Waals surface area contributed by atoms with Crippen LogP contribution in [0.3, 0.4) is 0 Å². The maximum absolute atomic E-state index is 12.3. The molecule has 1 heterocycles. The zero-order chi connectivity index (χ0) is 20.0. The summed E-state index contributed by atoms with van der Waals surface area (Å²) in [5, 5.41) is 11.3. The van der Waals surface area contributed by atoms with Crippen LogP contribution in [0.5, 0.6) is 0 Å². The van der Waals surface area contributed by atoms with Crippen LogP contribution < -0.4 is 10.2 Å². The highest BCUT2D eigenvalue weighted by Crippen LogP contribution is 2.18. The van der Waals surface area contributed by atoms with Gasteiger partial charge in [0.05, 0.1) is 0 Å². The number of sulfone groups is 1. The molecule has 142 valence electrons. The Morgan fingerprint density at radius 3 is 2.41 bits per heavy atom. The predicted molar refractivity (Wildman–Crippen MR) is 105 cm³/mol. The lowest BCUT2D eigenvalue weighted by molar-refractivity contribution is -0.112. The van der Waals surface area contributed by atoms with Crippen molar-refractivity contribution < 1.29 is 13.2 Å². The number of nitriles is 1. The summed E-state index contributed by atoms with van der Waals surface area (Å²) < 4.78 is 26.4. The summed E-state index contributed by atoms with van der Waals surface area (Å²) in [5.41, 5.74) is 1.63. The Balaban J connectivity index is 2.17. The van der Waals surface area contributed by atoms with Crippen molar-refractivity contribution in [3.05, 3.63) is 35.4 Å². The minimum atomic E-state index is -3.55. The van der Waals surface area contributed by atoms with Crippen LogP contribution in [-0.4, -0.2) is 43.0 Å². The van der Waals surface area contributed by atoms with Gasteiger partial charge in [-0.3, -0.25) is 10.1 Å². The van der Waals surface area contributed by atoms with E-state index in [0.29, 0.717) is 5.56 Å². The highest BCUT2D eigenvalue weighted by atomic mass is 32.2. The number of carbonyl (C=O) groups is 1. The second kappa shape index (κ2) is 8.75. The molecule has 1 amide bonds. The number of hydrogen-bond donors (Lipinski definition) is 1. The highest BCUT2D eigenvalue weighted by Gasteiger charge is 2.17. The molecule has 1 N–H and O–H groups in total. The highest BCUT2D eigenvalue weighted by molar-refractivity contribution is 7.90. The molecule has 27 heavy (non-hydrogen) atoms. The summed E-state index contributed by atoms with van der Waals surface area (Å²) in [6, 6.07) is 9.34. The molecular formula is C17H19N5O3S2. The molecule has 0 aliphatic rings. The Morgan fingerprint density at radius 1 is 1.30 bits per heavy atom. The van der Waals surface area contributed by atoms with E-state index in [2.05, 4.69) is 33.4 Å². The van der Waals surface area contributed by atoms with Gasteiger partial charge in [-0.1, -0.05) is 12.1 Å². The van der Waals surface area contributed by atoms with Gasteiger partial charge in [0.25, 0.3) is 11.1 Å². The van der Waals surface area contributed by atoms with Crippen molar-refractivity contribution in [1.82, 2.24) is 9.36 Å². The molecule has 10 heteroatoms. The first-order valence-electron chi connectivity index (χ1n) is 8.10. The number of anilines is 2. The lowest BCUT2D eigenvalue weighted by Gasteiger charge is -2.20. The van der Waals surface area contributed by atoms with Gasteiger partial charge in [-0.25, -0.2) is 8.42 Å². The quantitative estimate of drug-likeness (QED) is 0.555. The molecule has 0 unspecified atom stereocenters. The van der Waals surface area contributed by atoms with Crippen molar-refractivity contribution in [3.8, 4) is 6.07 Å². The molecule has 0 aliphatic carbocycles. The number of aromatic nitrogens is 2. The normalized spacial score (nSPS) is 11.7. The first kappa shape index (κ1) is 20.5. The molecule has 0 bridgehead atoms. The van der Waals surface area contributed by atoms with Crippen LogP contribution >= 0.6 is 11.5 Å². The lowest BCUT2D eigenvalue weighted by atomic mass is 10.1. The molecule has 0 fully saturated rings. The fourth-order valence-electron chi connectivity index (χ4n) is 2.26. The molecule has 0 atom stereocenters.